The van der Waals surface area contributed by atoms with Gasteiger partial charge in [0.1, 0.15) is 11.4 Å². The predicted octanol–water partition coefficient (Wildman–Crippen LogP) is 8.26. The zero-order valence-corrected chi connectivity index (χ0v) is 21.4. The van der Waals surface area contributed by atoms with Gasteiger partial charge in [0.05, 0.1) is 13.2 Å². The second-order valence-electron chi connectivity index (χ2n) is 9.32. The minimum absolute atomic E-state index is 0.304. The molecule has 6 rings (SSSR count). The highest BCUT2D eigenvalue weighted by Crippen LogP contribution is 2.39. The molecule has 0 aliphatic heterocycles. The number of hydrogen-bond donors (Lipinski definition) is 0. The first-order valence-electron chi connectivity index (χ1n) is 13.1. The molecule has 4 heteroatoms. The lowest BCUT2D eigenvalue weighted by Gasteiger charge is -2.14. The molecule has 0 amide bonds. The van der Waals surface area contributed by atoms with Gasteiger partial charge in [0, 0.05) is 28.4 Å². The average molecular weight is 500 g/mol. The van der Waals surface area contributed by atoms with Gasteiger partial charge in [-0.05, 0) is 47.2 Å². The van der Waals surface area contributed by atoms with Crippen molar-refractivity contribution in [1.29, 1.82) is 0 Å². The molecule has 0 N–H and O–H groups in total. The number of ether oxygens (including phenoxy) is 2. The van der Waals surface area contributed by atoms with Crippen molar-refractivity contribution < 1.29 is 14.3 Å². The van der Waals surface area contributed by atoms with E-state index in [1.807, 2.05) is 55.5 Å². The molecule has 0 saturated carbocycles. The minimum atomic E-state index is -0.304. The zero-order valence-electron chi connectivity index (χ0n) is 21.4. The number of rotatable bonds is 8. The molecular formula is C34H29NO3. The molecular weight excluding hydrogens is 470 g/mol. The molecule has 0 aliphatic carbocycles. The van der Waals surface area contributed by atoms with Crippen molar-refractivity contribution in [2.75, 3.05) is 13.2 Å². The molecule has 5 aromatic carbocycles. The van der Waals surface area contributed by atoms with E-state index in [1.165, 1.54) is 0 Å². The number of aromatic nitrogens is 1. The largest absolute Gasteiger partial charge is 0.493 e. The van der Waals surface area contributed by atoms with Gasteiger partial charge in [0.25, 0.3) is 0 Å². The first kappa shape index (κ1) is 23.8. The van der Waals surface area contributed by atoms with Gasteiger partial charge in [-0.2, -0.15) is 0 Å². The van der Waals surface area contributed by atoms with Crippen LogP contribution in [-0.4, -0.2) is 23.8 Å². The highest BCUT2D eigenvalue weighted by molar-refractivity contribution is 6.13. The van der Waals surface area contributed by atoms with Crippen molar-refractivity contribution in [3.63, 3.8) is 0 Å². The summed E-state index contributed by atoms with van der Waals surface area (Å²) in [5.74, 6) is 0.573. The van der Waals surface area contributed by atoms with E-state index < -0.39 is 0 Å². The van der Waals surface area contributed by atoms with E-state index in [9.17, 15) is 4.79 Å². The number of hydrogen-bond acceptors (Lipinski definition) is 3. The number of carbonyl (C=O) groups excluding carboxylic acids is 1. The maximum Gasteiger partial charge on any atom is 0.355 e. The Kier molecular flexibility index (Phi) is 6.53. The van der Waals surface area contributed by atoms with Gasteiger partial charge < -0.3 is 14.0 Å². The normalized spacial score (nSPS) is 11.3. The standard InChI is InChI=1S/C34H29NO3/c1-2-37-34(36)33-32(28-19-9-14-24-12-3-5-16-26(24)28)29-18-7-8-20-30(29)35(33)22-11-23-38-31-21-10-15-25-13-4-6-17-27(25)31/h3-10,12-21H,2,11,22-23H2,1H3. The van der Waals surface area contributed by atoms with Gasteiger partial charge in [-0.3, -0.25) is 0 Å². The number of esters is 1. The predicted molar refractivity (Wildman–Crippen MR) is 155 cm³/mol. The van der Waals surface area contributed by atoms with E-state index in [2.05, 4.69) is 65.2 Å². The van der Waals surface area contributed by atoms with Crippen LogP contribution in [0.5, 0.6) is 5.75 Å². The third-order valence-corrected chi connectivity index (χ3v) is 7.03. The second kappa shape index (κ2) is 10.4. The molecule has 0 spiro atoms. The van der Waals surface area contributed by atoms with Crippen LogP contribution in [0.1, 0.15) is 23.8 Å². The summed E-state index contributed by atoms with van der Waals surface area (Å²) >= 11 is 0. The fraction of sp³-hybridized carbons (Fsp3) is 0.147. The fourth-order valence-corrected chi connectivity index (χ4v) is 5.39. The molecule has 6 aromatic rings. The van der Waals surface area contributed by atoms with E-state index >= 15 is 0 Å². The summed E-state index contributed by atoms with van der Waals surface area (Å²) in [6, 6.07) is 37.1. The van der Waals surface area contributed by atoms with Crippen molar-refractivity contribution in [3.8, 4) is 16.9 Å². The maximum atomic E-state index is 13.5. The molecule has 4 nitrogen and oxygen atoms in total. The van der Waals surface area contributed by atoms with Crippen molar-refractivity contribution >= 4 is 38.4 Å². The van der Waals surface area contributed by atoms with Crippen LogP contribution in [0.15, 0.2) is 109 Å². The zero-order chi connectivity index (χ0) is 25.9. The fourth-order valence-electron chi connectivity index (χ4n) is 5.39. The highest BCUT2D eigenvalue weighted by Gasteiger charge is 2.25. The van der Waals surface area contributed by atoms with E-state index in [0.29, 0.717) is 25.5 Å². The summed E-state index contributed by atoms with van der Waals surface area (Å²) in [7, 11) is 0. The number of nitrogens with zero attached hydrogens (tertiary/aromatic N) is 1. The van der Waals surface area contributed by atoms with Crippen LogP contribution < -0.4 is 4.74 Å². The smallest absolute Gasteiger partial charge is 0.355 e. The molecule has 0 radical (unpaired) electrons. The lowest BCUT2D eigenvalue weighted by molar-refractivity contribution is 0.0515. The van der Waals surface area contributed by atoms with Crippen molar-refractivity contribution in [2.24, 2.45) is 0 Å². The van der Waals surface area contributed by atoms with Crippen LogP contribution >= 0.6 is 0 Å². The first-order chi connectivity index (χ1) is 18.8. The highest BCUT2D eigenvalue weighted by atomic mass is 16.5. The molecule has 0 unspecified atom stereocenters. The Morgan fingerprint density at radius 3 is 2.13 bits per heavy atom. The monoisotopic (exact) mass is 499 g/mol. The van der Waals surface area contributed by atoms with E-state index in [1.54, 1.807) is 0 Å². The molecule has 0 saturated heterocycles. The number of carbonyl (C=O) groups is 1. The Morgan fingerprint density at radius 1 is 0.711 bits per heavy atom. The number of para-hydroxylation sites is 1. The van der Waals surface area contributed by atoms with Crippen LogP contribution in [0.25, 0.3) is 43.6 Å². The van der Waals surface area contributed by atoms with Crippen molar-refractivity contribution in [3.05, 3.63) is 115 Å². The minimum Gasteiger partial charge on any atom is -0.493 e. The number of aryl methyl sites for hydroxylation is 1. The molecule has 0 atom stereocenters. The summed E-state index contributed by atoms with van der Waals surface area (Å²) in [6.45, 7) is 3.33. The van der Waals surface area contributed by atoms with Crippen molar-refractivity contribution in [2.45, 2.75) is 19.9 Å². The Balaban J connectivity index is 1.39. The van der Waals surface area contributed by atoms with Gasteiger partial charge >= 0.3 is 5.97 Å². The van der Waals surface area contributed by atoms with Crippen LogP contribution in [0, 0.1) is 0 Å². The molecule has 0 bridgehead atoms. The first-order valence-corrected chi connectivity index (χ1v) is 13.1. The van der Waals surface area contributed by atoms with Gasteiger partial charge in [0.2, 0.25) is 0 Å². The lowest BCUT2D eigenvalue weighted by Crippen LogP contribution is -2.15. The van der Waals surface area contributed by atoms with Crippen molar-refractivity contribution in [1.82, 2.24) is 4.57 Å². The third-order valence-electron chi connectivity index (χ3n) is 7.03. The van der Waals surface area contributed by atoms with Crippen LogP contribution in [-0.2, 0) is 11.3 Å². The third kappa shape index (κ3) is 4.28. The number of fused-ring (bicyclic) bond motifs is 3. The van der Waals surface area contributed by atoms with Crippen LogP contribution in [0.3, 0.4) is 0 Å². The topological polar surface area (TPSA) is 40.5 Å². The van der Waals surface area contributed by atoms with Gasteiger partial charge in [0.15, 0.2) is 0 Å². The Bertz CT molecular complexity index is 1750. The summed E-state index contributed by atoms with van der Waals surface area (Å²) in [4.78, 5) is 13.5. The van der Waals surface area contributed by atoms with Gasteiger partial charge in [-0.1, -0.05) is 97.1 Å². The summed E-state index contributed by atoms with van der Waals surface area (Å²) in [6.07, 6.45) is 0.739. The molecule has 0 aliphatic rings. The number of benzene rings is 5. The van der Waals surface area contributed by atoms with Crippen LogP contribution in [0.4, 0.5) is 0 Å². The Labute approximate surface area is 222 Å². The summed E-state index contributed by atoms with van der Waals surface area (Å²) in [5, 5.41) is 5.56. The van der Waals surface area contributed by atoms with Gasteiger partial charge in [-0.15, -0.1) is 0 Å². The quantitative estimate of drug-likeness (QED) is 0.156. The summed E-state index contributed by atoms with van der Waals surface area (Å²) < 4.78 is 13.9. The average Bonchev–Trinajstić information content (AvgIpc) is 3.29. The van der Waals surface area contributed by atoms with E-state index in [0.717, 1.165) is 55.7 Å². The Morgan fingerprint density at radius 2 is 1.34 bits per heavy atom. The second-order valence-corrected chi connectivity index (χ2v) is 9.32. The summed E-state index contributed by atoms with van der Waals surface area (Å²) in [5.41, 5.74) is 3.57. The van der Waals surface area contributed by atoms with E-state index in [-0.39, 0.29) is 5.97 Å². The molecule has 188 valence electrons. The van der Waals surface area contributed by atoms with E-state index in [4.69, 9.17) is 9.47 Å². The maximum absolute atomic E-state index is 13.5. The molecule has 38 heavy (non-hydrogen) atoms. The van der Waals surface area contributed by atoms with Gasteiger partial charge in [-0.25, -0.2) is 4.79 Å². The SMILES string of the molecule is CCOC(=O)c1c(-c2cccc3ccccc23)c2ccccc2n1CCCOc1cccc2ccccc12. The lowest BCUT2D eigenvalue weighted by atomic mass is 9.96. The molecule has 1 heterocycles. The molecule has 1 aromatic heterocycles. The molecule has 0 fully saturated rings. The Hall–Kier alpha value is -4.57. The van der Waals surface area contributed by atoms with Crippen LogP contribution in [0.2, 0.25) is 0 Å².